The quantitative estimate of drug-likeness (QED) is 0.829. The number of nitrogens with one attached hydrogen (secondary N) is 1. The number of amides is 1. The zero-order valence-electron chi connectivity index (χ0n) is 11.7. The summed E-state index contributed by atoms with van der Waals surface area (Å²) in [5, 5.41) is 11.6. The van der Waals surface area contributed by atoms with E-state index < -0.39 is 0 Å². The van der Waals surface area contributed by atoms with Crippen LogP contribution >= 0.6 is 0 Å². The van der Waals surface area contributed by atoms with E-state index in [2.05, 4.69) is 29.1 Å². The molecular weight excluding hydrogens is 252 g/mol. The average molecular weight is 272 g/mol. The second-order valence-electron chi connectivity index (χ2n) is 5.21. The van der Waals surface area contributed by atoms with Gasteiger partial charge in [0.05, 0.1) is 6.61 Å². The number of aromatic nitrogens is 1. The van der Waals surface area contributed by atoms with Crippen LogP contribution in [0.4, 0.5) is 5.82 Å². The Kier molecular flexibility index (Phi) is 5.14. The molecule has 2 atom stereocenters. The molecule has 1 amide bonds. The topological polar surface area (TPSA) is 62.2 Å². The van der Waals surface area contributed by atoms with Crippen LogP contribution in [0.1, 0.15) is 38.2 Å². The first-order chi connectivity index (χ1) is 9.70. The number of carbonyl (C=O) groups is 1. The molecule has 0 aromatic carbocycles. The Labute approximate surface area is 119 Å². The lowest BCUT2D eigenvalue weighted by Gasteiger charge is -2.14. The van der Waals surface area contributed by atoms with E-state index in [-0.39, 0.29) is 18.4 Å². The van der Waals surface area contributed by atoms with E-state index in [4.69, 9.17) is 5.11 Å². The van der Waals surface area contributed by atoms with Crippen molar-refractivity contribution < 1.29 is 9.90 Å². The van der Waals surface area contributed by atoms with Crippen molar-refractivity contribution in [2.24, 2.45) is 11.8 Å². The van der Waals surface area contributed by atoms with E-state index in [1.807, 2.05) is 0 Å². The summed E-state index contributed by atoms with van der Waals surface area (Å²) in [6, 6.07) is 3.56. The molecule has 20 heavy (non-hydrogen) atoms. The van der Waals surface area contributed by atoms with Gasteiger partial charge in [0, 0.05) is 24.1 Å². The molecule has 2 unspecified atom stereocenters. The predicted molar refractivity (Wildman–Crippen MR) is 78.0 cm³/mol. The van der Waals surface area contributed by atoms with Gasteiger partial charge in [-0.25, -0.2) is 4.98 Å². The van der Waals surface area contributed by atoms with Gasteiger partial charge in [0.2, 0.25) is 5.91 Å². The van der Waals surface area contributed by atoms with Gasteiger partial charge in [0.1, 0.15) is 5.82 Å². The van der Waals surface area contributed by atoms with Crippen LogP contribution in [-0.4, -0.2) is 22.6 Å². The molecule has 1 aliphatic rings. The Bertz CT molecular complexity index is 531. The van der Waals surface area contributed by atoms with Crippen LogP contribution < -0.4 is 5.32 Å². The van der Waals surface area contributed by atoms with Crippen molar-refractivity contribution >= 4 is 11.7 Å². The van der Waals surface area contributed by atoms with Crippen molar-refractivity contribution in [1.29, 1.82) is 0 Å². The molecule has 0 spiro atoms. The molecule has 1 fully saturated rings. The van der Waals surface area contributed by atoms with Crippen LogP contribution in [0.3, 0.4) is 0 Å². The standard InChI is InChI=1S/C16H20N2O2/c1-12-5-4-7-14(12)16(20)18-15-11-13(8-9-17-15)6-2-3-10-19/h8-9,11-12,14,19H,3-5,7,10H2,1H3,(H,17,18,20). The van der Waals surface area contributed by atoms with Gasteiger partial charge in [-0.2, -0.15) is 0 Å². The van der Waals surface area contributed by atoms with Gasteiger partial charge in [-0.3, -0.25) is 4.79 Å². The highest BCUT2D eigenvalue weighted by atomic mass is 16.2. The van der Waals surface area contributed by atoms with E-state index >= 15 is 0 Å². The third-order valence-corrected chi connectivity index (χ3v) is 3.68. The number of rotatable bonds is 3. The second-order valence-corrected chi connectivity index (χ2v) is 5.21. The van der Waals surface area contributed by atoms with Gasteiger partial charge in [0.25, 0.3) is 0 Å². The van der Waals surface area contributed by atoms with E-state index in [9.17, 15) is 4.79 Å². The summed E-state index contributed by atoms with van der Waals surface area (Å²) < 4.78 is 0. The lowest BCUT2D eigenvalue weighted by atomic mass is 9.97. The number of hydrogen-bond donors (Lipinski definition) is 2. The Morgan fingerprint density at radius 2 is 2.40 bits per heavy atom. The van der Waals surface area contributed by atoms with Gasteiger partial charge >= 0.3 is 0 Å². The number of anilines is 1. The van der Waals surface area contributed by atoms with Crippen LogP contribution in [-0.2, 0) is 4.79 Å². The van der Waals surface area contributed by atoms with Crippen LogP contribution in [0.2, 0.25) is 0 Å². The summed E-state index contributed by atoms with van der Waals surface area (Å²) in [6.45, 7) is 2.18. The lowest BCUT2D eigenvalue weighted by molar-refractivity contribution is -0.120. The summed E-state index contributed by atoms with van der Waals surface area (Å²) in [5.74, 6) is 6.94. The van der Waals surface area contributed by atoms with Gasteiger partial charge < -0.3 is 10.4 Å². The number of pyridine rings is 1. The minimum absolute atomic E-state index is 0.0568. The number of aliphatic hydroxyl groups is 1. The summed E-state index contributed by atoms with van der Waals surface area (Å²) >= 11 is 0. The highest BCUT2D eigenvalue weighted by Gasteiger charge is 2.29. The minimum atomic E-state index is 0.0568. The van der Waals surface area contributed by atoms with Crippen molar-refractivity contribution in [3.63, 3.8) is 0 Å². The molecule has 1 heterocycles. The normalized spacial score (nSPS) is 21.1. The van der Waals surface area contributed by atoms with Gasteiger partial charge in [0.15, 0.2) is 0 Å². The molecule has 2 N–H and O–H groups in total. The van der Waals surface area contributed by atoms with Crippen molar-refractivity contribution in [2.45, 2.75) is 32.6 Å². The maximum atomic E-state index is 12.2. The summed E-state index contributed by atoms with van der Waals surface area (Å²) in [5.41, 5.74) is 0.795. The van der Waals surface area contributed by atoms with Crippen LogP contribution in [0, 0.1) is 23.7 Å². The van der Waals surface area contributed by atoms with Crippen molar-refractivity contribution in [2.75, 3.05) is 11.9 Å². The summed E-state index contributed by atoms with van der Waals surface area (Å²) in [6.07, 6.45) is 5.29. The van der Waals surface area contributed by atoms with Crippen LogP contribution in [0.15, 0.2) is 18.3 Å². The zero-order valence-corrected chi connectivity index (χ0v) is 11.7. The first-order valence-electron chi connectivity index (χ1n) is 7.07. The summed E-state index contributed by atoms with van der Waals surface area (Å²) in [7, 11) is 0. The van der Waals surface area contributed by atoms with Gasteiger partial charge in [-0.1, -0.05) is 25.2 Å². The molecule has 4 heteroatoms. The highest BCUT2D eigenvalue weighted by molar-refractivity contribution is 5.92. The highest BCUT2D eigenvalue weighted by Crippen LogP contribution is 2.31. The molecular formula is C16H20N2O2. The number of carbonyl (C=O) groups excluding carboxylic acids is 1. The Balaban J connectivity index is 2.01. The molecule has 4 nitrogen and oxygen atoms in total. The third-order valence-electron chi connectivity index (χ3n) is 3.68. The predicted octanol–water partition coefficient (Wildman–Crippen LogP) is 2.19. The minimum Gasteiger partial charge on any atom is -0.395 e. The number of aliphatic hydroxyl groups excluding tert-OH is 1. The monoisotopic (exact) mass is 272 g/mol. The van der Waals surface area contributed by atoms with Crippen LogP contribution in [0.25, 0.3) is 0 Å². The van der Waals surface area contributed by atoms with Crippen molar-refractivity contribution in [3.05, 3.63) is 23.9 Å². The Morgan fingerprint density at radius 3 is 3.10 bits per heavy atom. The summed E-state index contributed by atoms with van der Waals surface area (Å²) in [4.78, 5) is 16.3. The SMILES string of the molecule is CC1CCCC1C(=O)Nc1cc(C#CCCO)ccn1. The fourth-order valence-electron chi connectivity index (χ4n) is 2.55. The third kappa shape index (κ3) is 3.82. The molecule has 0 radical (unpaired) electrons. The molecule has 106 valence electrons. The fourth-order valence-corrected chi connectivity index (χ4v) is 2.55. The Morgan fingerprint density at radius 1 is 1.55 bits per heavy atom. The smallest absolute Gasteiger partial charge is 0.228 e. The van der Waals surface area contributed by atoms with Crippen molar-refractivity contribution in [1.82, 2.24) is 4.98 Å². The van der Waals surface area contributed by atoms with E-state index in [1.54, 1.807) is 18.3 Å². The zero-order chi connectivity index (χ0) is 14.4. The van der Waals surface area contributed by atoms with E-state index in [0.717, 1.165) is 24.8 Å². The maximum Gasteiger partial charge on any atom is 0.228 e. The molecule has 2 rings (SSSR count). The number of hydrogen-bond acceptors (Lipinski definition) is 3. The Hall–Kier alpha value is -1.86. The molecule has 1 saturated carbocycles. The van der Waals surface area contributed by atoms with Gasteiger partial charge in [-0.15, -0.1) is 0 Å². The molecule has 1 aromatic rings. The molecule has 0 saturated heterocycles. The first kappa shape index (κ1) is 14.5. The fraction of sp³-hybridized carbons (Fsp3) is 0.500. The number of nitrogens with zero attached hydrogens (tertiary/aromatic N) is 1. The van der Waals surface area contributed by atoms with Gasteiger partial charge in [-0.05, 0) is 30.9 Å². The first-order valence-corrected chi connectivity index (χ1v) is 7.07. The van der Waals surface area contributed by atoms with Crippen LogP contribution in [0.5, 0.6) is 0 Å². The van der Waals surface area contributed by atoms with Crippen molar-refractivity contribution in [3.8, 4) is 11.8 Å². The largest absolute Gasteiger partial charge is 0.395 e. The average Bonchev–Trinajstić information content (AvgIpc) is 2.86. The van der Waals surface area contributed by atoms with E-state index in [1.165, 1.54) is 0 Å². The lowest BCUT2D eigenvalue weighted by Crippen LogP contribution is -2.24. The molecule has 0 bridgehead atoms. The molecule has 0 aliphatic heterocycles. The van der Waals surface area contributed by atoms with E-state index in [0.29, 0.717) is 18.2 Å². The molecule has 1 aromatic heterocycles. The second kappa shape index (κ2) is 7.06. The molecule has 1 aliphatic carbocycles. The maximum absolute atomic E-state index is 12.2.